The summed E-state index contributed by atoms with van der Waals surface area (Å²) < 4.78 is 0. The lowest BCUT2D eigenvalue weighted by Gasteiger charge is -2.10. The molecule has 0 aliphatic heterocycles. The molecule has 0 aliphatic carbocycles. The van der Waals surface area contributed by atoms with Gasteiger partial charge in [-0.2, -0.15) is 0 Å². The van der Waals surface area contributed by atoms with Gasteiger partial charge in [-0.1, -0.05) is 19.1 Å². The number of benzene rings is 1. The zero-order valence-electron chi connectivity index (χ0n) is 13.4. The number of imidazole rings is 1. The van der Waals surface area contributed by atoms with Crippen molar-refractivity contribution in [3.8, 4) is 0 Å². The number of aromatic nitrogens is 2. The van der Waals surface area contributed by atoms with Gasteiger partial charge in [-0.25, -0.2) is 4.98 Å². The number of guanidine groups is 1. The van der Waals surface area contributed by atoms with Crippen molar-refractivity contribution < 1.29 is 0 Å². The minimum absolute atomic E-state index is 0. The van der Waals surface area contributed by atoms with Crippen molar-refractivity contribution in [2.75, 3.05) is 19.6 Å². The number of aliphatic imine (C=N–C) groups is 1. The quantitative estimate of drug-likeness (QED) is 0.282. The number of fused-ring (bicyclic) bond motifs is 1. The Kier molecular flexibility index (Phi) is 8.88. The summed E-state index contributed by atoms with van der Waals surface area (Å²) in [6.45, 7) is 6.86. The average molecular weight is 415 g/mol. The second-order valence-electron chi connectivity index (χ2n) is 4.99. The molecule has 0 radical (unpaired) electrons. The van der Waals surface area contributed by atoms with E-state index < -0.39 is 0 Å². The fourth-order valence-corrected chi connectivity index (χ4v) is 2.15. The minimum Gasteiger partial charge on any atom is -0.357 e. The Morgan fingerprint density at radius 3 is 2.77 bits per heavy atom. The molecule has 22 heavy (non-hydrogen) atoms. The molecule has 1 heterocycles. The third-order valence-corrected chi connectivity index (χ3v) is 3.16. The van der Waals surface area contributed by atoms with Crippen LogP contribution in [0.1, 0.15) is 32.5 Å². The third kappa shape index (κ3) is 5.82. The first-order chi connectivity index (χ1) is 10.3. The van der Waals surface area contributed by atoms with Crippen LogP contribution in [0, 0.1) is 0 Å². The van der Waals surface area contributed by atoms with Gasteiger partial charge in [-0.3, -0.25) is 4.99 Å². The summed E-state index contributed by atoms with van der Waals surface area (Å²) in [5, 5.41) is 6.61. The molecule has 0 spiro atoms. The molecule has 6 heteroatoms. The van der Waals surface area contributed by atoms with Crippen molar-refractivity contribution in [3.63, 3.8) is 0 Å². The van der Waals surface area contributed by atoms with Crippen LogP contribution in [0.2, 0.25) is 0 Å². The lowest BCUT2D eigenvalue weighted by Crippen LogP contribution is -2.38. The van der Waals surface area contributed by atoms with Crippen molar-refractivity contribution >= 4 is 41.0 Å². The molecule has 3 N–H and O–H groups in total. The number of rotatable bonds is 7. The molecule has 0 saturated carbocycles. The van der Waals surface area contributed by atoms with Crippen LogP contribution in [0.3, 0.4) is 0 Å². The van der Waals surface area contributed by atoms with Crippen molar-refractivity contribution in [2.24, 2.45) is 4.99 Å². The van der Waals surface area contributed by atoms with Gasteiger partial charge in [0.2, 0.25) is 0 Å². The van der Waals surface area contributed by atoms with E-state index in [0.29, 0.717) is 0 Å². The molecule has 0 unspecified atom stereocenters. The smallest absolute Gasteiger partial charge is 0.191 e. The topological polar surface area (TPSA) is 65.1 Å². The van der Waals surface area contributed by atoms with E-state index in [9.17, 15) is 0 Å². The highest BCUT2D eigenvalue weighted by molar-refractivity contribution is 14.0. The number of nitrogens with zero attached hydrogens (tertiary/aromatic N) is 2. The van der Waals surface area contributed by atoms with Gasteiger partial charge >= 0.3 is 0 Å². The zero-order valence-corrected chi connectivity index (χ0v) is 15.7. The van der Waals surface area contributed by atoms with Gasteiger partial charge in [0.15, 0.2) is 5.96 Å². The molecule has 0 fully saturated rings. The second kappa shape index (κ2) is 10.4. The fraction of sp³-hybridized carbons (Fsp3) is 0.500. The number of H-pyrrole nitrogens is 1. The van der Waals surface area contributed by atoms with E-state index in [-0.39, 0.29) is 24.0 Å². The Bertz CT molecular complexity index is 546. The number of aromatic amines is 1. The van der Waals surface area contributed by atoms with Crippen LogP contribution in [0.15, 0.2) is 29.3 Å². The summed E-state index contributed by atoms with van der Waals surface area (Å²) >= 11 is 0. The normalized spacial score (nSPS) is 11.3. The molecular formula is C16H26IN5. The highest BCUT2D eigenvalue weighted by Crippen LogP contribution is 2.10. The number of nitrogens with one attached hydrogen (secondary N) is 3. The molecule has 1 aromatic heterocycles. The minimum atomic E-state index is 0. The molecule has 0 bridgehead atoms. The average Bonchev–Trinajstić information content (AvgIpc) is 2.91. The Hall–Kier alpha value is -1.31. The van der Waals surface area contributed by atoms with Gasteiger partial charge < -0.3 is 15.6 Å². The molecule has 0 aliphatic rings. The SMILES string of the molecule is CCCN=C(NCC)NCCCc1nc2ccccc2[nH]1.I. The maximum atomic E-state index is 4.59. The number of hydrogen-bond donors (Lipinski definition) is 3. The summed E-state index contributed by atoms with van der Waals surface area (Å²) in [6, 6.07) is 8.14. The van der Waals surface area contributed by atoms with Crippen molar-refractivity contribution in [3.05, 3.63) is 30.1 Å². The largest absolute Gasteiger partial charge is 0.357 e. The molecule has 122 valence electrons. The first-order valence-electron chi connectivity index (χ1n) is 7.79. The molecule has 2 rings (SSSR count). The second-order valence-corrected chi connectivity index (χ2v) is 4.99. The van der Waals surface area contributed by atoms with Crippen LogP contribution in [0.5, 0.6) is 0 Å². The lowest BCUT2D eigenvalue weighted by molar-refractivity contribution is 0.726. The van der Waals surface area contributed by atoms with E-state index in [1.807, 2.05) is 18.2 Å². The summed E-state index contributed by atoms with van der Waals surface area (Å²) in [5.74, 6) is 1.96. The van der Waals surface area contributed by atoms with Crippen molar-refractivity contribution in [1.82, 2.24) is 20.6 Å². The highest BCUT2D eigenvalue weighted by atomic mass is 127. The predicted molar refractivity (Wildman–Crippen MR) is 104 cm³/mol. The van der Waals surface area contributed by atoms with Gasteiger partial charge in [0.05, 0.1) is 11.0 Å². The van der Waals surface area contributed by atoms with E-state index in [4.69, 9.17) is 0 Å². The first kappa shape index (κ1) is 18.7. The molecule has 5 nitrogen and oxygen atoms in total. The maximum absolute atomic E-state index is 4.59. The van der Waals surface area contributed by atoms with Gasteiger partial charge in [0, 0.05) is 26.1 Å². The summed E-state index contributed by atoms with van der Waals surface area (Å²) in [6.07, 6.45) is 3.03. The van der Waals surface area contributed by atoms with E-state index in [1.54, 1.807) is 0 Å². The Labute approximate surface area is 149 Å². The van der Waals surface area contributed by atoms with Crippen molar-refractivity contribution in [2.45, 2.75) is 33.1 Å². The van der Waals surface area contributed by atoms with Crippen LogP contribution < -0.4 is 10.6 Å². The van der Waals surface area contributed by atoms with Gasteiger partial charge in [-0.05, 0) is 31.9 Å². The van der Waals surface area contributed by atoms with Crippen LogP contribution >= 0.6 is 24.0 Å². The number of hydrogen-bond acceptors (Lipinski definition) is 2. The lowest BCUT2D eigenvalue weighted by atomic mass is 10.3. The molecule has 0 saturated heterocycles. The predicted octanol–water partition coefficient (Wildman–Crippen LogP) is 3.08. The Morgan fingerprint density at radius 2 is 2.05 bits per heavy atom. The van der Waals surface area contributed by atoms with E-state index in [2.05, 4.69) is 45.5 Å². The Balaban J connectivity index is 0.00000242. The number of para-hydroxylation sites is 2. The van der Waals surface area contributed by atoms with E-state index in [1.165, 1.54) is 0 Å². The summed E-state index contributed by atoms with van der Waals surface area (Å²) in [7, 11) is 0. The molecule has 1 aromatic carbocycles. The Morgan fingerprint density at radius 1 is 1.23 bits per heavy atom. The summed E-state index contributed by atoms with van der Waals surface area (Å²) in [5.41, 5.74) is 2.15. The van der Waals surface area contributed by atoms with Crippen molar-refractivity contribution in [1.29, 1.82) is 0 Å². The molecule has 2 aromatic rings. The third-order valence-electron chi connectivity index (χ3n) is 3.16. The van der Waals surface area contributed by atoms with Crippen LogP contribution in [0.4, 0.5) is 0 Å². The van der Waals surface area contributed by atoms with E-state index in [0.717, 1.165) is 61.7 Å². The zero-order chi connectivity index (χ0) is 14.9. The number of halogens is 1. The van der Waals surface area contributed by atoms with Gasteiger partial charge in [-0.15, -0.1) is 24.0 Å². The van der Waals surface area contributed by atoms with Crippen LogP contribution in [-0.2, 0) is 6.42 Å². The number of aryl methyl sites for hydroxylation is 1. The molecule has 0 amide bonds. The van der Waals surface area contributed by atoms with Gasteiger partial charge in [0.25, 0.3) is 0 Å². The van der Waals surface area contributed by atoms with Crippen LogP contribution in [0.25, 0.3) is 11.0 Å². The first-order valence-corrected chi connectivity index (χ1v) is 7.79. The monoisotopic (exact) mass is 415 g/mol. The summed E-state index contributed by atoms with van der Waals surface area (Å²) in [4.78, 5) is 12.4. The standard InChI is InChI=1S/C16H25N5.HI/c1-3-11-18-16(17-4-2)19-12-7-10-15-20-13-8-5-6-9-14(13)21-15;/h5-6,8-9H,3-4,7,10-12H2,1-2H3,(H,20,21)(H2,17,18,19);1H. The fourth-order valence-electron chi connectivity index (χ4n) is 2.15. The molecular weight excluding hydrogens is 389 g/mol. The molecule has 0 atom stereocenters. The van der Waals surface area contributed by atoms with Crippen LogP contribution in [-0.4, -0.2) is 35.6 Å². The highest BCUT2D eigenvalue weighted by Gasteiger charge is 2.02. The van der Waals surface area contributed by atoms with Gasteiger partial charge in [0.1, 0.15) is 5.82 Å². The maximum Gasteiger partial charge on any atom is 0.191 e. The van der Waals surface area contributed by atoms with E-state index >= 15 is 0 Å².